The van der Waals surface area contributed by atoms with Crippen molar-refractivity contribution in [2.24, 2.45) is 0 Å². The van der Waals surface area contributed by atoms with Crippen LogP contribution in [-0.2, 0) is 9.53 Å². The van der Waals surface area contributed by atoms with Crippen molar-refractivity contribution in [1.82, 2.24) is 0 Å². The van der Waals surface area contributed by atoms with Crippen molar-refractivity contribution in [3.63, 3.8) is 0 Å². The smallest absolute Gasteiger partial charge is 0.547 e. The SMILES string of the molecule is O.O=C([O-])[C@H]1OC(O)[C@H](O)[C@@H](O)[C@@H]1O.[Na+]. The van der Waals surface area contributed by atoms with Crippen LogP contribution in [0.1, 0.15) is 0 Å². The van der Waals surface area contributed by atoms with E-state index in [1.54, 1.807) is 0 Å². The number of carboxylic acid groups (broad SMARTS) is 1. The van der Waals surface area contributed by atoms with Crippen LogP contribution in [0.25, 0.3) is 0 Å². The Morgan fingerprint density at radius 1 is 1.07 bits per heavy atom. The predicted octanol–water partition coefficient (Wildman–Crippen LogP) is -8.28. The van der Waals surface area contributed by atoms with Crippen molar-refractivity contribution < 1.29 is 70.1 Å². The average Bonchev–Trinajstić information content (AvgIpc) is 2.07. The Labute approximate surface area is 107 Å². The molecule has 0 radical (unpaired) electrons. The normalized spacial score (nSPS) is 39.9. The number of aliphatic hydroxyl groups is 4. The number of carbonyl (C=O) groups is 1. The van der Waals surface area contributed by atoms with E-state index in [2.05, 4.69) is 4.74 Å². The van der Waals surface area contributed by atoms with Gasteiger partial charge in [0.05, 0.1) is 5.97 Å². The van der Waals surface area contributed by atoms with Crippen LogP contribution in [0.3, 0.4) is 0 Å². The summed E-state index contributed by atoms with van der Waals surface area (Å²) in [6.45, 7) is 0. The zero-order valence-corrected chi connectivity index (χ0v) is 9.90. The van der Waals surface area contributed by atoms with Gasteiger partial charge in [0.1, 0.15) is 24.4 Å². The van der Waals surface area contributed by atoms with E-state index < -0.39 is 36.7 Å². The third-order valence-corrected chi connectivity index (χ3v) is 1.82. The minimum Gasteiger partial charge on any atom is -0.547 e. The van der Waals surface area contributed by atoms with Crippen molar-refractivity contribution in [3.8, 4) is 0 Å². The first-order valence-electron chi connectivity index (χ1n) is 3.53. The Bertz CT molecular complexity index is 211. The van der Waals surface area contributed by atoms with E-state index in [1.165, 1.54) is 0 Å². The summed E-state index contributed by atoms with van der Waals surface area (Å²) < 4.78 is 4.28. The summed E-state index contributed by atoms with van der Waals surface area (Å²) in [5.41, 5.74) is 0. The molecule has 0 aromatic heterocycles. The molecule has 0 amide bonds. The largest absolute Gasteiger partial charge is 1.00 e. The van der Waals surface area contributed by atoms with Gasteiger partial charge in [0.25, 0.3) is 0 Å². The van der Waals surface area contributed by atoms with Crippen molar-refractivity contribution in [2.75, 3.05) is 0 Å². The fraction of sp³-hybridized carbons (Fsp3) is 0.833. The number of carbonyl (C=O) groups excluding carboxylic acids is 1. The van der Waals surface area contributed by atoms with Crippen molar-refractivity contribution >= 4 is 5.97 Å². The van der Waals surface area contributed by atoms with Crippen LogP contribution in [0.2, 0.25) is 0 Å². The van der Waals surface area contributed by atoms with Gasteiger partial charge in [0.2, 0.25) is 0 Å². The minimum absolute atomic E-state index is 0. The van der Waals surface area contributed by atoms with Crippen LogP contribution in [0.4, 0.5) is 0 Å². The monoisotopic (exact) mass is 234 g/mol. The van der Waals surface area contributed by atoms with Crippen molar-refractivity contribution in [3.05, 3.63) is 0 Å². The number of hydrogen-bond acceptors (Lipinski definition) is 7. The van der Waals surface area contributed by atoms with E-state index in [0.717, 1.165) is 0 Å². The molecule has 8 nitrogen and oxygen atoms in total. The van der Waals surface area contributed by atoms with Gasteiger partial charge < -0.3 is 40.5 Å². The van der Waals surface area contributed by atoms with Gasteiger partial charge in [0, 0.05) is 0 Å². The predicted molar refractivity (Wildman–Crippen MR) is 37.5 cm³/mol. The molecular formula is C6H11NaO8. The third-order valence-electron chi connectivity index (χ3n) is 1.82. The first-order chi connectivity index (χ1) is 5.95. The van der Waals surface area contributed by atoms with Crippen LogP contribution in [0, 0.1) is 0 Å². The molecule has 1 unspecified atom stereocenters. The van der Waals surface area contributed by atoms with Gasteiger partial charge in [-0.25, -0.2) is 0 Å². The Morgan fingerprint density at radius 2 is 1.53 bits per heavy atom. The van der Waals surface area contributed by atoms with Crippen molar-refractivity contribution in [1.29, 1.82) is 0 Å². The molecule has 9 heteroatoms. The molecule has 0 spiro atoms. The molecule has 0 aromatic rings. The van der Waals surface area contributed by atoms with E-state index in [4.69, 9.17) is 20.4 Å². The number of aliphatic carboxylic acids is 1. The van der Waals surface area contributed by atoms with Gasteiger partial charge in [-0.2, -0.15) is 0 Å². The second-order valence-corrected chi connectivity index (χ2v) is 2.74. The molecule has 84 valence electrons. The maximum atomic E-state index is 10.3. The molecule has 1 fully saturated rings. The van der Waals surface area contributed by atoms with E-state index in [1.807, 2.05) is 0 Å². The van der Waals surface area contributed by atoms with Gasteiger partial charge in [-0.3, -0.25) is 0 Å². The third kappa shape index (κ3) is 3.63. The summed E-state index contributed by atoms with van der Waals surface area (Å²) in [6, 6.07) is 0. The fourth-order valence-electron chi connectivity index (χ4n) is 1.06. The van der Waals surface area contributed by atoms with Crippen LogP contribution in [0.15, 0.2) is 0 Å². The summed E-state index contributed by atoms with van der Waals surface area (Å²) in [6.07, 6.45) is -9.00. The molecule has 0 bridgehead atoms. The molecule has 6 N–H and O–H groups in total. The second kappa shape index (κ2) is 6.74. The topological polar surface area (TPSA) is 162 Å². The minimum atomic E-state index is -1.85. The molecule has 1 heterocycles. The first-order valence-corrected chi connectivity index (χ1v) is 3.53. The van der Waals surface area contributed by atoms with E-state index in [0.29, 0.717) is 0 Å². The van der Waals surface area contributed by atoms with Crippen LogP contribution < -0.4 is 34.7 Å². The number of aliphatic hydroxyl groups excluding tert-OH is 4. The molecule has 0 saturated carbocycles. The maximum absolute atomic E-state index is 10.3. The van der Waals surface area contributed by atoms with E-state index in [-0.39, 0.29) is 35.0 Å². The van der Waals surface area contributed by atoms with E-state index in [9.17, 15) is 9.90 Å². The average molecular weight is 234 g/mol. The molecular weight excluding hydrogens is 223 g/mol. The van der Waals surface area contributed by atoms with Gasteiger partial charge >= 0.3 is 29.6 Å². The van der Waals surface area contributed by atoms with E-state index >= 15 is 0 Å². The fourth-order valence-corrected chi connectivity index (χ4v) is 1.06. The molecule has 0 aliphatic carbocycles. The molecule has 5 atom stereocenters. The molecule has 1 saturated heterocycles. The van der Waals surface area contributed by atoms with Crippen molar-refractivity contribution in [2.45, 2.75) is 30.7 Å². The van der Waals surface area contributed by atoms with Gasteiger partial charge in [-0.15, -0.1) is 0 Å². The number of ether oxygens (including phenoxy) is 1. The van der Waals surface area contributed by atoms with Gasteiger partial charge in [-0.05, 0) is 0 Å². The zero-order chi connectivity index (χ0) is 10.2. The Kier molecular flexibility index (Phi) is 7.91. The Balaban J connectivity index is 0. The molecule has 15 heavy (non-hydrogen) atoms. The number of carboxylic acids is 1. The first kappa shape index (κ1) is 17.6. The van der Waals surface area contributed by atoms with Crippen LogP contribution in [0.5, 0.6) is 0 Å². The zero-order valence-electron chi connectivity index (χ0n) is 7.90. The quantitative estimate of drug-likeness (QED) is 0.327. The van der Waals surface area contributed by atoms with Crippen LogP contribution >= 0.6 is 0 Å². The molecule has 1 aliphatic rings. The molecule has 1 rings (SSSR count). The summed E-state index contributed by atoms with van der Waals surface area (Å²) in [7, 11) is 0. The standard InChI is InChI=1S/C6H10O7.Na.H2O/c7-1-2(8)4(5(10)11)13-6(12)3(1)9;;/h1-4,6-9,12H,(H,10,11);;1H2/q;+1;/p-1/t1-,2-,3+,4-,6?;;/m0../s1. The summed E-state index contributed by atoms with van der Waals surface area (Å²) >= 11 is 0. The van der Waals surface area contributed by atoms with Gasteiger partial charge in [-0.1, -0.05) is 0 Å². The van der Waals surface area contributed by atoms with Gasteiger partial charge in [0.15, 0.2) is 6.29 Å². The summed E-state index contributed by atoms with van der Waals surface area (Å²) in [5.74, 6) is -1.77. The summed E-state index contributed by atoms with van der Waals surface area (Å²) in [5, 5.41) is 46.1. The number of rotatable bonds is 1. The number of hydrogen-bond donors (Lipinski definition) is 4. The summed E-state index contributed by atoms with van der Waals surface area (Å²) in [4.78, 5) is 10.3. The molecule has 0 aromatic carbocycles. The molecule has 1 aliphatic heterocycles. The van der Waals surface area contributed by atoms with Crippen LogP contribution in [-0.4, -0.2) is 62.6 Å². The maximum Gasteiger partial charge on any atom is 1.00 e. The Hall–Kier alpha value is 0.230. The Morgan fingerprint density at radius 3 is 1.93 bits per heavy atom. The second-order valence-electron chi connectivity index (χ2n) is 2.74.